The molecular weight excluding hydrogens is 512 g/mol. The highest BCUT2D eigenvalue weighted by molar-refractivity contribution is 6.16. The first-order valence-corrected chi connectivity index (χ1v) is 14.4. The summed E-state index contributed by atoms with van der Waals surface area (Å²) in [4.78, 5) is 5.32. The Bertz CT molecular complexity index is 2460. The van der Waals surface area contributed by atoms with E-state index in [0.717, 1.165) is 34.0 Å². The number of aromatic nitrogens is 2. The average molecular weight is 537 g/mol. The summed E-state index contributed by atoms with van der Waals surface area (Å²) in [7, 11) is 0. The van der Waals surface area contributed by atoms with Crippen LogP contribution >= 0.6 is 0 Å². The van der Waals surface area contributed by atoms with Crippen LogP contribution in [0.2, 0.25) is 0 Å². The molecule has 4 heterocycles. The van der Waals surface area contributed by atoms with Gasteiger partial charge in [-0.25, -0.2) is 4.99 Å². The van der Waals surface area contributed by atoms with E-state index in [2.05, 4.69) is 148 Å². The normalized spacial score (nSPS) is 15.2. The van der Waals surface area contributed by atoms with Gasteiger partial charge in [-0.1, -0.05) is 78.9 Å². The maximum Gasteiger partial charge on any atom is 0.0947 e. The Labute approximate surface area is 241 Å². The molecule has 4 nitrogen and oxygen atoms in total. The van der Waals surface area contributed by atoms with E-state index < -0.39 is 0 Å². The van der Waals surface area contributed by atoms with Crippen molar-refractivity contribution >= 4 is 60.7 Å². The van der Waals surface area contributed by atoms with Gasteiger partial charge in [0.05, 0.1) is 45.2 Å². The van der Waals surface area contributed by atoms with Crippen LogP contribution in [0.4, 0.5) is 11.4 Å². The summed E-state index contributed by atoms with van der Waals surface area (Å²) in [5.74, 6) is 0. The fraction of sp³-hybridized carbons (Fsp3) is 0.0263. The second-order valence-corrected chi connectivity index (χ2v) is 11.3. The lowest BCUT2D eigenvalue weighted by Gasteiger charge is -2.28. The van der Waals surface area contributed by atoms with Gasteiger partial charge >= 0.3 is 0 Å². The van der Waals surface area contributed by atoms with Gasteiger partial charge < -0.3 is 14.5 Å². The number of fused-ring (bicyclic) bond motifs is 16. The zero-order chi connectivity index (χ0) is 27.4. The molecular formula is C38H24N4. The topological polar surface area (TPSA) is 34.2 Å². The van der Waals surface area contributed by atoms with Crippen molar-refractivity contribution < 1.29 is 0 Å². The number of para-hydroxylation sites is 4. The lowest BCUT2D eigenvalue weighted by Crippen LogP contribution is -2.25. The number of hydrogen-bond acceptors (Lipinski definition) is 2. The zero-order valence-electron chi connectivity index (χ0n) is 22.6. The van der Waals surface area contributed by atoms with Gasteiger partial charge in [0.15, 0.2) is 0 Å². The summed E-state index contributed by atoms with van der Waals surface area (Å²) in [6.45, 7) is 0. The maximum atomic E-state index is 5.32. The molecule has 0 spiro atoms. The first-order valence-electron chi connectivity index (χ1n) is 14.4. The molecule has 6 aromatic carbocycles. The van der Waals surface area contributed by atoms with Gasteiger partial charge in [-0.15, -0.1) is 0 Å². The van der Waals surface area contributed by atoms with Crippen LogP contribution in [0, 0.1) is 0 Å². The van der Waals surface area contributed by atoms with Crippen LogP contribution in [0.15, 0.2) is 138 Å². The number of nitrogens with one attached hydrogen (secondary N) is 1. The van der Waals surface area contributed by atoms with Crippen LogP contribution in [0.5, 0.6) is 0 Å². The Kier molecular flexibility index (Phi) is 4.21. The van der Waals surface area contributed by atoms with Crippen molar-refractivity contribution in [3.63, 3.8) is 0 Å². The summed E-state index contributed by atoms with van der Waals surface area (Å²) < 4.78 is 4.83. The zero-order valence-corrected chi connectivity index (χ0v) is 22.6. The molecule has 6 bridgehead atoms. The molecule has 10 rings (SSSR count). The summed E-state index contributed by atoms with van der Waals surface area (Å²) in [6.07, 6.45) is 0. The van der Waals surface area contributed by atoms with Crippen molar-refractivity contribution in [2.75, 3.05) is 5.32 Å². The number of nitrogens with zero attached hydrogens (tertiary/aromatic N) is 3. The predicted molar refractivity (Wildman–Crippen MR) is 174 cm³/mol. The number of benzene rings is 6. The van der Waals surface area contributed by atoms with Gasteiger partial charge in [-0.3, -0.25) is 0 Å². The van der Waals surface area contributed by atoms with Gasteiger partial charge in [0.2, 0.25) is 0 Å². The lowest BCUT2D eigenvalue weighted by atomic mass is 9.93. The maximum absolute atomic E-state index is 5.32. The van der Waals surface area contributed by atoms with Crippen molar-refractivity contribution in [1.29, 1.82) is 0 Å². The molecule has 2 aromatic heterocycles. The van der Waals surface area contributed by atoms with Gasteiger partial charge in [0, 0.05) is 38.5 Å². The summed E-state index contributed by atoms with van der Waals surface area (Å²) in [5, 5.41) is 8.86. The Balaban J connectivity index is 1.41. The summed E-state index contributed by atoms with van der Waals surface area (Å²) >= 11 is 0. The Hall–Kier alpha value is -5.61. The third kappa shape index (κ3) is 2.88. The molecule has 2 aliphatic rings. The van der Waals surface area contributed by atoms with Gasteiger partial charge in [-0.2, -0.15) is 0 Å². The fourth-order valence-electron chi connectivity index (χ4n) is 7.21. The minimum atomic E-state index is -0.102. The van der Waals surface area contributed by atoms with E-state index in [4.69, 9.17) is 4.99 Å². The van der Waals surface area contributed by atoms with Gasteiger partial charge in [0.1, 0.15) is 0 Å². The largest absolute Gasteiger partial charge is 0.371 e. The quantitative estimate of drug-likeness (QED) is 0.206. The number of anilines is 1. The van der Waals surface area contributed by atoms with E-state index in [9.17, 15) is 0 Å². The molecule has 1 atom stereocenters. The van der Waals surface area contributed by atoms with E-state index in [-0.39, 0.29) is 6.04 Å². The molecule has 196 valence electrons. The number of rotatable bonds is 0. The van der Waals surface area contributed by atoms with Crippen LogP contribution in [-0.4, -0.2) is 14.8 Å². The van der Waals surface area contributed by atoms with Crippen LogP contribution < -0.4 is 5.32 Å². The predicted octanol–water partition coefficient (Wildman–Crippen LogP) is 9.48. The van der Waals surface area contributed by atoms with Gasteiger partial charge in [0.25, 0.3) is 0 Å². The molecule has 0 amide bonds. The highest BCUT2D eigenvalue weighted by atomic mass is 15.0. The third-order valence-corrected chi connectivity index (χ3v) is 9.07. The molecule has 42 heavy (non-hydrogen) atoms. The second kappa shape index (κ2) is 7.99. The molecule has 0 saturated carbocycles. The minimum absolute atomic E-state index is 0.102. The number of hydrogen-bond donors (Lipinski definition) is 1. The van der Waals surface area contributed by atoms with E-state index >= 15 is 0 Å². The van der Waals surface area contributed by atoms with E-state index in [1.165, 1.54) is 49.2 Å². The molecule has 1 N–H and O–H groups in total. The molecule has 4 heteroatoms. The highest BCUT2D eigenvalue weighted by Crippen LogP contribution is 2.41. The van der Waals surface area contributed by atoms with Crippen LogP contribution in [0.1, 0.15) is 17.2 Å². The first kappa shape index (κ1) is 22.1. The van der Waals surface area contributed by atoms with Crippen molar-refractivity contribution in [3.8, 4) is 11.4 Å². The summed E-state index contributed by atoms with van der Waals surface area (Å²) in [5.41, 5.74) is 12.4. The van der Waals surface area contributed by atoms with Crippen LogP contribution in [0.3, 0.4) is 0 Å². The molecule has 8 aromatic rings. The molecule has 0 radical (unpaired) electrons. The molecule has 0 aliphatic carbocycles. The van der Waals surface area contributed by atoms with E-state index in [1.807, 2.05) is 0 Å². The first-order chi connectivity index (χ1) is 20.8. The van der Waals surface area contributed by atoms with Crippen molar-refractivity contribution in [2.45, 2.75) is 6.04 Å². The summed E-state index contributed by atoms with van der Waals surface area (Å²) in [6, 6.07) is 48.4. The van der Waals surface area contributed by atoms with Crippen LogP contribution in [-0.2, 0) is 0 Å². The highest BCUT2D eigenvalue weighted by Gasteiger charge is 2.28. The minimum Gasteiger partial charge on any atom is -0.371 e. The van der Waals surface area contributed by atoms with Crippen molar-refractivity contribution in [2.24, 2.45) is 4.99 Å². The van der Waals surface area contributed by atoms with Crippen molar-refractivity contribution in [1.82, 2.24) is 9.13 Å². The molecule has 0 fully saturated rings. The fourth-order valence-corrected chi connectivity index (χ4v) is 7.21. The third-order valence-electron chi connectivity index (χ3n) is 9.07. The molecule has 2 aliphatic heterocycles. The molecule has 0 saturated heterocycles. The van der Waals surface area contributed by atoms with Crippen LogP contribution in [0.25, 0.3) is 55.0 Å². The number of aliphatic imine (C=N–C) groups is 1. The Morgan fingerprint density at radius 2 is 1.12 bits per heavy atom. The SMILES string of the molecule is c1cc2cc(c1)-n1c3ccccc3c3ccc(cc31)C1Nc3ccccc3N=C1c1ccc3c4ccccc4n-2c3c1. The Morgan fingerprint density at radius 3 is 1.88 bits per heavy atom. The smallest absolute Gasteiger partial charge is 0.0947 e. The monoisotopic (exact) mass is 536 g/mol. The Morgan fingerprint density at radius 1 is 0.500 bits per heavy atom. The van der Waals surface area contributed by atoms with Gasteiger partial charge in [-0.05, 0) is 60.2 Å². The van der Waals surface area contributed by atoms with E-state index in [1.54, 1.807) is 0 Å². The lowest BCUT2D eigenvalue weighted by molar-refractivity contribution is 1.02. The van der Waals surface area contributed by atoms with E-state index in [0.29, 0.717) is 0 Å². The second-order valence-electron chi connectivity index (χ2n) is 11.3. The standard InChI is InChI=1S/C38H24N4/c1-5-14-33-27(10-1)29-18-16-23-20-35(29)41(33)25-8-7-9-26(22-25)42-34-15-6-2-11-28(34)30-19-17-24(21-36(30)42)38-37(23)39-31-12-3-4-13-32(31)40-38/h1-22,37,39H. The average Bonchev–Trinajstić information content (AvgIpc) is 3.56. The van der Waals surface area contributed by atoms with Crippen molar-refractivity contribution in [3.05, 3.63) is 145 Å². The molecule has 1 unspecified atom stereocenters.